The Labute approximate surface area is 155 Å². The fourth-order valence-corrected chi connectivity index (χ4v) is 6.82. The summed E-state index contributed by atoms with van der Waals surface area (Å²) in [5.74, 6) is 2.23. The van der Waals surface area contributed by atoms with Crippen molar-refractivity contribution in [2.45, 2.75) is 63.8 Å². The first-order valence-electron chi connectivity index (χ1n) is 10.2. The van der Waals surface area contributed by atoms with Gasteiger partial charge in [-0.2, -0.15) is 0 Å². The number of carbonyl (C=O) groups is 2. The Balaban J connectivity index is 1.35. The number of fused-ring (bicyclic) bond motifs is 1. The largest absolute Gasteiger partial charge is 0.353 e. The predicted octanol–water partition coefficient (Wildman–Crippen LogP) is 3.83. The van der Waals surface area contributed by atoms with Crippen LogP contribution >= 0.6 is 0 Å². The SMILES string of the molecule is CC(NC(=O)C1CC(=O)Nc2ccccc21)C12CC3CC(CC(C3)C1)C2. The van der Waals surface area contributed by atoms with Crippen LogP contribution in [0.4, 0.5) is 5.69 Å². The second kappa shape index (κ2) is 5.83. The number of hydrogen-bond acceptors (Lipinski definition) is 2. The van der Waals surface area contributed by atoms with Crippen molar-refractivity contribution in [2.24, 2.45) is 23.2 Å². The molecular formula is C22H28N2O2. The highest BCUT2D eigenvalue weighted by Crippen LogP contribution is 2.61. The molecular weight excluding hydrogens is 324 g/mol. The zero-order chi connectivity index (χ0) is 17.9. The maximum absolute atomic E-state index is 13.1. The molecule has 138 valence electrons. The van der Waals surface area contributed by atoms with Crippen LogP contribution in [0.3, 0.4) is 0 Å². The van der Waals surface area contributed by atoms with E-state index in [1.165, 1.54) is 38.5 Å². The Bertz CT molecular complexity index is 721. The van der Waals surface area contributed by atoms with Crippen LogP contribution in [0.5, 0.6) is 0 Å². The van der Waals surface area contributed by atoms with Gasteiger partial charge < -0.3 is 10.6 Å². The smallest absolute Gasteiger partial charge is 0.228 e. The molecule has 2 atom stereocenters. The molecule has 0 saturated heterocycles. The zero-order valence-corrected chi connectivity index (χ0v) is 15.5. The van der Waals surface area contributed by atoms with E-state index in [2.05, 4.69) is 17.6 Å². The minimum atomic E-state index is -0.365. The number of rotatable bonds is 3. The number of hydrogen-bond donors (Lipinski definition) is 2. The summed E-state index contributed by atoms with van der Waals surface area (Å²) in [5.41, 5.74) is 2.02. The van der Waals surface area contributed by atoms with Crippen LogP contribution in [-0.2, 0) is 9.59 Å². The van der Waals surface area contributed by atoms with Crippen LogP contribution in [-0.4, -0.2) is 17.9 Å². The Hall–Kier alpha value is -1.84. The molecule has 1 aromatic rings. The zero-order valence-electron chi connectivity index (χ0n) is 15.5. The molecule has 1 aliphatic heterocycles. The quantitative estimate of drug-likeness (QED) is 0.868. The number of anilines is 1. The van der Waals surface area contributed by atoms with Gasteiger partial charge in [-0.15, -0.1) is 0 Å². The van der Waals surface area contributed by atoms with Crippen molar-refractivity contribution in [1.29, 1.82) is 0 Å². The van der Waals surface area contributed by atoms with Crippen LogP contribution in [0.15, 0.2) is 24.3 Å². The van der Waals surface area contributed by atoms with Gasteiger partial charge in [-0.05, 0) is 80.2 Å². The van der Waals surface area contributed by atoms with Gasteiger partial charge in [0.05, 0.1) is 5.92 Å². The molecule has 4 nitrogen and oxygen atoms in total. The van der Waals surface area contributed by atoms with Crippen molar-refractivity contribution in [2.75, 3.05) is 5.32 Å². The lowest BCUT2D eigenvalue weighted by atomic mass is 9.48. The van der Waals surface area contributed by atoms with E-state index in [0.717, 1.165) is 29.0 Å². The van der Waals surface area contributed by atoms with E-state index in [1.807, 2.05) is 24.3 Å². The Kier molecular flexibility index (Phi) is 3.67. The standard InChI is InChI=1S/C22H28N2O2/c1-13(22-10-14-6-15(11-22)8-16(7-14)12-22)23-21(26)18-9-20(25)24-19-5-3-2-4-17(18)19/h2-5,13-16,18H,6-12H2,1H3,(H,23,26)(H,24,25). The van der Waals surface area contributed by atoms with Crippen LogP contribution in [0.2, 0.25) is 0 Å². The average Bonchev–Trinajstić information content (AvgIpc) is 2.59. The third kappa shape index (κ3) is 2.57. The Morgan fingerprint density at radius 3 is 2.38 bits per heavy atom. The molecule has 4 aliphatic carbocycles. The van der Waals surface area contributed by atoms with Crippen molar-refractivity contribution >= 4 is 17.5 Å². The molecule has 4 heteroatoms. The highest BCUT2D eigenvalue weighted by atomic mass is 16.2. The summed E-state index contributed by atoms with van der Waals surface area (Å²) in [5, 5.41) is 6.24. The minimum Gasteiger partial charge on any atom is -0.353 e. The van der Waals surface area contributed by atoms with Crippen molar-refractivity contribution in [1.82, 2.24) is 5.32 Å². The molecule has 0 spiro atoms. The van der Waals surface area contributed by atoms with Gasteiger partial charge in [-0.1, -0.05) is 18.2 Å². The number of benzene rings is 1. The molecule has 1 aromatic carbocycles. The van der Waals surface area contributed by atoms with Gasteiger partial charge >= 0.3 is 0 Å². The van der Waals surface area contributed by atoms with E-state index < -0.39 is 0 Å². The van der Waals surface area contributed by atoms with Gasteiger partial charge in [0.1, 0.15) is 0 Å². The first-order chi connectivity index (χ1) is 12.5. The van der Waals surface area contributed by atoms with Crippen molar-refractivity contribution in [3.63, 3.8) is 0 Å². The average molecular weight is 352 g/mol. The highest BCUT2D eigenvalue weighted by molar-refractivity contribution is 6.01. The second-order valence-corrected chi connectivity index (χ2v) is 9.40. The summed E-state index contributed by atoms with van der Waals surface area (Å²) >= 11 is 0. The summed E-state index contributed by atoms with van der Waals surface area (Å²) in [4.78, 5) is 25.2. The van der Waals surface area contributed by atoms with E-state index in [1.54, 1.807) is 0 Å². The van der Waals surface area contributed by atoms with Gasteiger partial charge in [0.15, 0.2) is 0 Å². The number of carbonyl (C=O) groups excluding carboxylic acids is 2. The number of amides is 2. The van der Waals surface area contributed by atoms with Gasteiger partial charge in [0, 0.05) is 18.2 Å². The molecule has 2 unspecified atom stereocenters. The Morgan fingerprint density at radius 2 is 1.73 bits per heavy atom. The molecule has 0 radical (unpaired) electrons. The Morgan fingerprint density at radius 1 is 1.12 bits per heavy atom. The maximum atomic E-state index is 13.1. The lowest BCUT2D eigenvalue weighted by Crippen LogP contribution is -2.56. The lowest BCUT2D eigenvalue weighted by Gasteiger charge is -2.59. The van der Waals surface area contributed by atoms with Gasteiger partial charge in [0.2, 0.25) is 11.8 Å². The third-order valence-electron chi connectivity index (χ3n) is 7.68. The van der Waals surface area contributed by atoms with Crippen LogP contribution in [0.25, 0.3) is 0 Å². The summed E-state index contributed by atoms with van der Waals surface area (Å²) in [6.07, 6.45) is 8.32. The second-order valence-electron chi connectivity index (χ2n) is 9.40. The summed E-state index contributed by atoms with van der Waals surface area (Å²) in [6, 6.07) is 7.89. The van der Waals surface area contributed by atoms with Gasteiger partial charge in [-0.25, -0.2) is 0 Å². The maximum Gasteiger partial charge on any atom is 0.228 e. The molecule has 4 fully saturated rings. The summed E-state index contributed by atoms with van der Waals surface area (Å²) in [7, 11) is 0. The van der Waals surface area contributed by atoms with Crippen molar-refractivity contribution in [3.8, 4) is 0 Å². The summed E-state index contributed by atoms with van der Waals surface area (Å²) < 4.78 is 0. The molecule has 6 rings (SSSR count). The number of nitrogens with one attached hydrogen (secondary N) is 2. The van der Waals surface area contributed by atoms with E-state index in [-0.39, 0.29) is 30.2 Å². The molecule has 4 saturated carbocycles. The number of para-hydroxylation sites is 1. The molecule has 5 aliphatic rings. The van der Waals surface area contributed by atoms with Crippen LogP contribution < -0.4 is 10.6 Å². The topological polar surface area (TPSA) is 58.2 Å². The fraction of sp³-hybridized carbons (Fsp3) is 0.636. The van der Waals surface area contributed by atoms with Gasteiger partial charge in [0.25, 0.3) is 0 Å². The summed E-state index contributed by atoms with van der Waals surface area (Å²) in [6.45, 7) is 2.21. The molecule has 4 bridgehead atoms. The van der Waals surface area contributed by atoms with E-state index in [4.69, 9.17) is 0 Å². The van der Waals surface area contributed by atoms with Crippen LogP contribution in [0.1, 0.15) is 63.4 Å². The van der Waals surface area contributed by atoms with Crippen molar-refractivity contribution in [3.05, 3.63) is 29.8 Å². The minimum absolute atomic E-state index is 0.0237. The van der Waals surface area contributed by atoms with E-state index in [0.29, 0.717) is 5.41 Å². The molecule has 2 N–H and O–H groups in total. The lowest BCUT2D eigenvalue weighted by molar-refractivity contribution is -0.130. The third-order valence-corrected chi connectivity index (χ3v) is 7.68. The van der Waals surface area contributed by atoms with E-state index in [9.17, 15) is 9.59 Å². The molecule has 0 aromatic heterocycles. The van der Waals surface area contributed by atoms with Crippen LogP contribution in [0, 0.1) is 23.2 Å². The fourth-order valence-electron chi connectivity index (χ4n) is 6.82. The molecule has 26 heavy (non-hydrogen) atoms. The first kappa shape index (κ1) is 16.3. The molecule has 2 amide bonds. The van der Waals surface area contributed by atoms with Crippen molar-refractivity contribution < 1.29 is 9.59 Å². The monoisotopic (exact) mass is 352 g/mol. The predicted molar refractivity (Wildman–Crippen MR) is 101 cm³/mol. The van der Waals surface area contributed by atoms with Gasteiger partial charge in [-0.3, -0.25) is 9.59 Å². The first-order valence-corrected chi connectivity index (χ1v) is 10.2. The van der Waals surface area contributed by atoms with E-state index >= 15 is 0 Å². The molecule has 1 heterocycles. The highest BCUT2D eigenvalue weighted by Gasteiger charge is 2.53. The normalized spacial score (nSPS) is 38.4.